The molecule has 0 unspecified atom stereocenters. The van der Waals surface area contributed by atoms with Crippen LogP contribution in [0.4, 0.5) is 4.79 Å². The summed E-state index contributed by atoms with van der Waals surface area (Å²) < 4.78 is 11.4. The topological polar surface area (TPSA) is 187 Å². The van der Waals surface area contributed by atoms with Crippen molar-refractivity contribution in [2.45, 2.75) is 212 Å². The van der Waals surface area contributed by atoms with E-state index in [0.717, 1.165) is 44.1 Å². The van der Waals surface area contributed by atoms with Crippen molar-refractivity contribution in [2.75, 3.05) is 19.7 Å². The van der Waals surface area contributed by atoms with Crippen LogP contribution in [0.15, 0.2) is 30.3 Å². The third-order valence-corrected chi connectivity index (χ3v) is 11.5. The molecule has 0 radical (unpaired) electrons. The van der Waals surface area contributed by atoms with Gasteiger partial charge in [0.15, 0.2) is 6.23 Å². The first kappa shape index (κ1) is 52.9. The molecule has 344 valence electrons. The number of aliphatic hydroxyl groups excluding tert-OH is 3. The van der Waals surface area contributed by atoms with E-state index in [0.29, 0.717) is 19.4 Å². The number of rotatable bonds is 33. The maximum absolute atomic E-state index is 14.0. The van der Waals surface area contributed by atoms with Gasteiger partial charge in [0.25, 0.3) is 0 Å². The zero-order chi connectivity index (χ0) is 44.0. The molecule has 0 aliphatic carbocycles. The van der Waals surface area contributed by atoms with E-state index >= 15 is 0 Å². The highest BCUT2D eigenvalue weighted by atomic mass is 16.6. The second-order valence-corrected chi connectivity index (χ2v) is 17.0. The Hall–Kier alpha value is -3.26. The molecule has 1 aliphatic rings. The lowest BCUT2D eigenvalue weighted by Crippen LogP contribution is -2.69. The van der Waals surface area contributed by atoms with E-state index in [1.165, 1.54) is 83.5 Å². The SMILES string of the molecule is CCCCCCCCCCCCCCN(C(=O)CCCCCCCCCCC)[C@@H]1O[C@H](CO)[C@@H](O)[C@H](O)[C@H]1NC(=O)CNC(=O)[C@@H](NC(=O)OCc1ccccc1)C(C)C. The molecule has 13 heteroatoms. The molecule has 60 heavy (non-hydrogen) atoms. The molecule has 13 nitrogen and oxygen atoms in total. The Morgan fingerprint density at radius 1 is 0.733 bits per heavy atom. The number of unbranched alkanes of at least 4 members (excludes halogenated alkanes) is 19. The lowest BCUT2D eigenvalue weighted by atomic mass is 9.94. The largest absolute Gasteiger partial charge is 0.445 e. The van der Waals surface area contributed by atoms with Crippen molar-refractivity contribution in [3.8, 4) is 0 Å². The van der Waals surface area contributed by atoms with Crippen LogP contribution < -0.4 is 16.0 Å². The molecule has 1 aromatic rings. The van der Waals surface area contributed by atoms with Crippen LogP contribution in [0.25, 0.3) is 0 Å². The molecule has 1 aliphatic heterocycles. The van der Waals surface area contributed by atoms with Crippen LogP contribution in [0, 0.1) is 5.92 Å². The number of amides is 4. The highest BCUT2D eigenvalue weighted by molar-refractivity contribution is 5.89. The van der Waals surface area contributed by atoms with Crippen LogP contribution in [0.3, 0.4) is 0 Å². The average molecular weight is 847 g/mol. The van der Waals surface area contributed by atoms with Gasteiger partial charge >= 0.3 is 6.09 Å². The second-order valence-electron chi connectivity index (χ2n) is 17.0. The summed E-state index contributed by atoms with van der Waals surface area (Å²) in [7, 11) is 0. The summed E-state index contributed by atoms with van der Waals surface area (Å²) in [6.07, 6.45) is 17.8. The lowest BCUT2D eigenvalue weighted by Gasteiger charge is -2.47. The lowest BCUT2D eigenvalue weighted by molar-refractivity contribution is -0.231. The fourth-order valence-electron chi connectivity index (χ4n) is 7.71. The minimum absolute atomic E-state index is 0.0233. The maximum Gasteiger partial charge on any atom is 0.408 e. The minimum Gasteiger partial charge on any atom is -0.445 e. The molecular weight excluding hydrogens is 765 g/mol. The molecule has 1 saturated heterocycles. The molecule has 6 N–H and O–H groups in total. The molecule has 1 fully saturated rings. The van der Waals surface area contributed by atoms with Gasteiger partial charge in [-0.1, -0.05) is 180 Å². The number of nitrogens with zero attached hydrogens (tertiary/aromatic N) is 1. The van der Waals surface area contributed by atoms with Crippen molar-refractivity contribution in [1.82, 2.24) is 20.9 Å². The van der Waals surface area contributed by atoms with Gasteiger partial charge in [-0.3, -0.25) is 14.4 Å². The second kappa shape index (κ2) is 32.5. The van der Waals surface area contributed by atoms with Gasteiger partial charge in [-0.25, -0.2) is 4.79 Å². The quantitative estimate of drug-likeness (QED) is 0.0392. The van der Waals surface area contributed by atoms with Gasteiger partial charge in [0.05, 0.1) is 13.2 Å². The Labute approximate surface area is 361 Å². The molecule has 0 spiro atoms. The van der Waals surface area contributed by atoms with Gasteiger partial charge in [0.2, 0.25) is 17.7 Å². The van der Waals surface area contributed by atoms with Gasteiger partial charge in [-0.2, -0.15) is 0 Å². The van der Waals surface area contributed by atoms with Gasteiger partial charge in [-0.15, -0.1) is 0 Å². The molecule has 0 saturated carbocycles. The van der Waals surface area contributed by atoms with E-state index in [1.807, 2.05) is 30.3 Å². The average Bonchev–Trinajstić information content (AvgIpc) is 3.24. The highest BCUT2D eigenvalue weighted by Crippen LogP contribution is 2.26. The van der Waals surface area contributed by atoms with Crippen molar-refractivity contribution in [3.63, 3.8) is 0 Å². The standard InChI is InChI=1S/C47H82N4O9/c1-5-7-9-11-13-15-16-17-19-21-23-28-32-51(40(54)31-27-22-20-18-14-12-10-8-6-2)46-42(44(56)43(55)38(34-52)60-46)49-39(53)33-48-45(57)41(36(3)4)50-47(58)59-35-37-29-25-24-26-30-37/h24-26,29-30,36,38,41-44,46,52,55-56H,5-23,27-28,31-35H2,1-4H3,(H,48,57)(H,49,53)(H,50,58)/t38-,41+,42-,43-,44-,46-/m1/s1. The summed E-state index contributed by atoms with van der Waals surface area (Å²) in [5, 5.41) is 40.1. The number of carbonyl (C=O) groups is 4. The summed E-state index contributed by atoms with van der Waals surface area (Å²) in [5.41, 5.74) is 0.787. The van der Waals surface area contributed by atoms with Crippen LogP contribution in [-0.4, -0.2) is 100 Å². The third-order valence-electron chi connectivity index (χ3n) is 11.5. The van der Waals surface area contributed by atoms with E-state index < -0.39 is 67.7 Å². The Kier molecular flexibility index (Phi) is 28.6. The minimum atomic E-state index is -1.57. The molecule has 1 heterocycles. The Morgan fingerprint density at radius 3 is 1.77 bits per heavy atom. The van der Waals surface area contributed by atoms with Crippen LogP contribution in [-0.2, 0) is 30.5 Å². The molecule has 4 amide bonds. The van der Waals surface area contributed by atoms with E-state index in [9.17, 15) is 34.5 Å². The summed E-state index contributed by atoms with van der Waals surface area (Å²) in [4.78, 5) is 54.7. The zero-order valence-electron chi connectivity index (χ0n) is 37.6. The van der Waals surface area contributed by atoms with Gasteiger partial charge in [0, 0.05) is 13.0 Å². The molecule has 1 aromatic carbocycles. The van der Waals surface area contributed by atoms with E-state index in [2.05, 4.69) is 29.8 Å². The Bertz CT molecular complexity index is 1300. The predicted octanol–water partition coefficient (Wildman–Crippen LogP) is 7.43. The van der Waals surface area contributed by atoms with E-state index in [-0.39, 0.29) is 24.9 Å². The van der Waals surface area contributed by atoms with Crippen molar-refractivity contribution in [2.24, 2.45) is 5.92 Å². The predicted molar refractivity (Wildman–Crippen MR) is 236 cm³/mol. The van der Waals surface area contributed by atoms with Gasteiger partial charge in [-0.05, 0) is 24.3 Å². The van der Waals surface area contributed by atoms with Gasteiger partial charge in [0.1, 0.15) is 37.0 Å². The summed E-state index contributed by atoms with van der Waals surface area (Å²) in [6, 6.07) is 6.88. The zero-order valence-corrected chi connectivity index (χ0v) is 37.6. The number of benzene rings is 1. The molecular formula is C47H82N4O9. The summed E-state index contributed by atoms with van der Waals surface area (Å²) >= 11 is 0. The summed E-state index contributed by atoms with van der Waals surface area (Å²) in [5.74, 6) is -1.82. The first-order valence-electron chi connectivity index (χ1n) is 23.5. The normalized spacial score (nSPS) is 19.4. The fraction of sp³-hybridized carbons (Fsp3) is 0.787. The number of nitrogens with one attached hydrogen (secondary N) is 3. The molecule has 0 aromatic heterocycles. The summed E-state index contributed by atoms with van der Waals surface area (Å²) in [6.45, 7) is 7.17. The smallest absolute Gasteiger partial charge is 0.408 e. The molecule has 0 bridgehead atoms. The first-order valence-corrected chi connectivity index (χ1v) is 23.5. The number of aliphatic hydroxyl groups is 3. The number of hydrogen-bond acceptors (Lipinski definition) is 9. The number of hydrogen-bond donors (Lipinski definition) is 6. The number of alkyl carbamates (subject to hydrolysis) is 1. The van der Waals surface area contributed by atoms with Crippen molar-refractivity contribution in [1.29, 1.82) is 0 Å². The highest BCUT2D eigenvalue weighted by Gasteiger charge is 2.48. The van der Waals surface area contributed by atoms with Crippen LogP contribution in [0.5, 0.6) is 0 Å². The maximum atomic E-state index is 14.0. The van der Waals surface area contributed by atoms with Crippen molar-refractivity contribution in [3.05, 3.63) is 35.9 Å². The van der Waals surface area contributed by atoms with Gasteiger partial charge < -0.3 is 45.6 Å². The monoisotopic (exact) mass is 847 g/mol. The van der Waals surface area contributed by atoms with Crippen molar-refractivity contribution < 1.29 is 44.0 Å². The first-order chi connectivity index (χ1) is 29.0. The number of ether oxygens (including phenoxy) is 2. The number of carbonyl (C=O) groups excluding carboxylic acids is 4. The molecule has 2 rings (SSSR count). The van der Waals surface area contributed by atoms with Crippen LogP contribution >= 0.6 is 0 Å². The van der Waals surface area contributed by atoms with Crippen molar-refractivity contribution >= 4 is 23.8 Å². The Balaban J connectivity index is 2.06. The Morgan fingerprint density at radius 2 is 1.25 bits per heavy atom. The van der Waals surface area contributed by atoms with E-state index in [1.54, 1.807) is 18.7 Å². The third kappa shape index (κ3) is 21.5. The van der Waals surface area contributed by atoms with E-state index in [4.69, 9.17) is 9.47 Å². The fourth-order valence-corrected chi connectivity index (χ4v) is 7.71. The van der Waals surface area contributed by atoms with Crippen LogP contribution in [0.2, 0.25) is 0 Å². The van der Waals surface area contributed by atoms with Crippen LogP contribution in [0.1, 0.15) is 175 Å². The molecule has 6 atom stereocenters.